The lowest BCUT2D eigenvalue weighted by molar-refractivity contribution is 0.0950. The van der Waals surface area contributed by atoms with Crippen molar-refractivity contribution >= 4 is 11.6 Å². The Kier molecular flexibility index (Phi) is 7.43. The Hall–Kier alpha value is -3.45. The number of hydrogen-bond acceptors (Lipinski definition) is 5. The molecule has 0 fully saturated rings. The molecule has 1 amide bonds. The first kappa shape index (κ1) is 23.2. The molecule has 0 unspecified atom stereocenters. The number of carbonyl (C=O) groups excluding carboxylic acids is 1. The number of nitrogens with zero attached hydrogens (tertiary/aromatic N) is 1. The maximum absolute atomic E-state index is 13.1. The normalized spacial score (nSPS) is 10.8. The number of rotatable bonds is 8. The van der Waals surface area contributed by atoms with E-state index in [2.05, 4.69) is 20.6 Å². The van der Waals surface area contributed by atoms with Crippen LogP contribution >= 0.6 is 0 Å². The number of amides is 1. The molecule has 168 valence electrons. The van der Waals surface area contributed by atoms with Crippen molar-refractivity contribution in [3.63, 3.8) is 0 Å². The molecule has 3 N–H and O–H groups in total. The third-order valence-electron chi connectivity index (χ3n) is 5.39. The third kappa shape index (κ3) is 5.23. The molecule has 0 spiro atoms. The SMILES string of the molecule is CCNc1cc(-c2ccc(COC)nc2)cc(C(=O)NCc2c(C)cc(C)[nH]c2=O)c1C. The van der Waals surface area contributed by atoms with E-state index in [1.807, 2.05) is 58.0 Å². The summed E-state index contributed by atoms with van der Waals surface area (Å²) in [6.45, 7) is 8.98. The Balaban J connectivity index is 1.92. The quantitative estimate of drug-likeness (QED) is 0.500. The molecule has 7 heteroatoms. The number of anilines is 1. The van der Waals surface area contributed by atoms with E-state index in [4.69, 9.17) is 4.74 Å². The van der Waals surface area contributed by atoms with E-state index in [1.54, 1.807) is 13.3 Å². The van der Waals surface area contributed by atoms with E-state index in [1.165, 1.54) is 0 Å². The van der Waals surface area contributed by atoms with Gasteiger partial charge in [0.1, 0.15) is 0 Å². The van der Waals surface area contributed by atoms with Crippen molar-refractivity contribution in [1.29, 1.82) is 0 Å². The van der Waals surface area contributed by atoms with Crippen LogP contribution in [0.3, 0.4) is 0 Å². The van der Waals surface area contributed by atoms with Gasteiger partial charge in [0.2, 0.25) is 0 Å². The number of nitrogens with one attached hydrogen (secondary N) is 3. The fraction of sp³-hybridized carbons (Fsp3) is 0.320. The van der Waals surface area contributed by atoms with Crippen molar-refractivity contribution in [2.24, 2.45) is 0 Å². The molecule has 32 heavy (non-hydrogen) atoms. The van der Waals surface area contributed by atoms with Gasteiger partial charge in [-0.05, 0) is 68.7 Å². The molecule has 0 aliphatic rings. The summed E-state index contributed by atoms with van der Waals surface area (Å²) in [5.74, 6) is -0.230. The van der Waals surface area contributed by atoms with Crippen molar-refractivity contribution in [3.8, 4) is 11.1 Å². The molecular formula is C25H30N4O3. The first-order valence-corrected chi connectivity index (χ1v) is 10.6. The van der Waals surface area contributed by atoms with E-state index in [0.29, 0.717) is 17.7 Å². The van der Waals surface area contributed by atoms with Gasteiger partial charge in [-0.3, -0.25) is 14.6 Å². The minimum Gasteiger partial charge on any atom is -0.385 e. The van der Waals surface area contributed by atoms with E-state index in [0.717, 1.165) is 45.9 Å². The molecule has 0 aliphatic heterocycles. The number of H-pyrrole nitrogens is 1. The number of methoxy groups -OCH3 is 1. The number of hydrogen-bond donors (Lipinski definition) is 3. The summed E-state index contributed by atoms with van der Waals surface area (Å²) in [5.41, 5.74) is 6.96. The first-order chi connectivity index (χ1) is 15.3. The van der Waals surface area contributed by atoms with Gasteiger partial charge in [0.25, 0.3) is 11.5 Å². The Morgan fingerprint density at radius 3 is 2.53 bits per heavy atom. The molecule has 2 heterocycles. The largest absolute Gasteiger partial charge is 0.385 e. The zero-order valence-corrected chi connectivity index (χ0v) is 19.3. The smallest absolute Gasteiger partial charge is 0.253 e. The maximum atomic E-state index is 13.1. The van der Waals surface area contributed by atoms with Gasteiger partial charge in [0.05, 0.1) is 12.3 Å². The summed E-state index contributed by atoms with van der Waals surface area (Å²) < 4.78 is 5.13. The number of aromatic nitrogens is 2. The second-order valence-corrected chi connectivity index (χ2v) is 7.82. The molecule has 3 rings (SSSR count). The van der Waals surface area contributed by atoms with Gasteiger partial charge in [-0.2, -0.15) is 0 Å². The van der Waals surface area contributed by atoms with Crippen LogP contribution in [0.5, 0.6) is 0 Å². The molecule has 7 nitrogen and oxygen atoms in total. The summed E-state index contributed by atoms with van der Waals surface area (Å²) in [7, 11) is 1.63. The standard InChI is InChI=1S/C25H30N4O3/c1-6-26-23-11-19(18-7-8-20(14-32-5)27-12-18)10-21(17(23)4)24(30)28-13-22-15(2)9-16(3)29-25(22)31/h7-12,26H,6,13-14H2,1-5H3,(H,28,30)(H,29,31). The fourth-order valence-corrected chi connectivity index (χ4v) is 3.68. The topological polar surface area (TPSA) is 96.1 Å². The van der Waals surface area contributed by atoms with Crippen LogP contribution in [-0.4, -0.2) is 29.5 Å². The molecule has 0 bridgehead atoms. The van der Waals surface area contributed by atoms with Crippen LogP contribution in [0.15, 0.2) is 41.3 Å². The number of aromatic amines is 1. The molecule has 0 atom stereocenters. The summed E-state index contributed by atoms with van der Waals surface area (Å²) in [5, 5.41) is 6.25. The molecule has 1 aromatic carbocycles. The summed E-state index contributed by atoms with van der Waals surface area (Å²) in [6.07, 6.45) is 1.78. The Labute approximate surface area is 188 Å². The van der Waals surface area contributed by atoms with E-state index < -0.39 is 0 Å². The predicted octanol–water partition coefficient (Wildman–Crippen LogP) is 3.87. The second kappa shape index (κ2) is 10.2. The second-order valence-electron chi connectivity index (χ2n) is 7.82. The number of ether oxygens (including phenoxy) is 1. The zero-order valence-electron chi connectivity index (χ0n) is 19.3. The number of carbonyl (C=O) groups is 1. The molecule has 3 aromatic rings. The molecule has 0 saturated carbocycles. The van der Waals surface area contributed by atoms with Crippen molar-refractivity contribution in [1.82, 2.24) is 15.3 Å². The highest BCUT2D eigenvalue weighted by atomic mass is 16.5. The van der Waals surface area contributed by atoms with Gasteiger partial charge in [0.15, 0.2) is 0 Å². The highest BCUT2D eigenvalue weighted by molar-refractivity contribution is 5.98. The fourth-order valence-electron chi connectivity index (χ4n) is 3.68. The van der Waals surface area contributed by atoms with Gasteiger partial charge < -0.3 is 20.4 Å². The Morgan fingerprint density at radius 2 is 1.91 bits per heavy atom. The van der Waals surface area contributed by atoms with Crippen molar-refractivity contribution in [2.45, 2.75) is 40.8 Å². The van der Waals surface area contributed by atoms with Gasteiger partial charge in [0, 0.05) is 54.5 Å². The lowest BCUT2D eigenvalue weighted by atomic mass is 9.98. The molecule has 0 saturated heterocycles. The van der Waals surface area contributed by atoms with Gasteiger partial charge in [-0.1, -0.05) is 6.07 Å². The van der Waals surface area contributed by atoms with Crippen molar-refractivity contribution in [3.05, 3.63) is 80.5 Å². The average Bonchev–Trinajstić information content (AvgIpc) is 2.75. The minimum atomic E-state index is -0.230. The molecule has 0 radical (unpaired) electrons. The van der Waals surface area contributed by atoms with E-state index >= 15 is 0 Å². The van der Waals surface area contributed by atoms with Gasteiger partial charge in [-0.25, -0.2) is 0 Å². The van der Waals surface area contributed by atoms with Crippen LogP contribution in [-0.2, 0) is 17.9 Å². The molecule has 2 aromatic heterocycles. The highest BCUT2D eigenvalue weighted by Crippen LogP contribution is 2.29. The van der Waals surface area contributed by atoms with Crippen LogP contribution in [0, 0.1) is 20.8 Å². The first-order valence-electron chi connectivity index (χ1n) is 10.6. The van der Waals surface area contributed by atoms with E-state index in [-0.39, 0.29) is 18.0 Å². The Bertz CT molecular complexity index is 1170. The monoisotopic (exact) mass is 434 g/mol. The van der Waals surface area contributed by atoms with Gasteiger partial charge >= 0.3 is 0 Å². The number of aryl methyl sites for hydroxylation is 2. The van der Waals surface area contributed by atoms with Crippen LogP contribution in [0.1, 0.15) is 45.4 Å². The number of pyridine rings is 2. The van der Waals surface area contributed by atoms with Crippen LogP contribution in [0.4, 0.5) is 5.69 Å². The summed E-state index contributed by atoms with van der Waals surface area (Å²) in [6, 6.07) is 9.68. The third-order valence-corrected chi connectivity index (χ3v) is 5.39. The lowest BCUT2D eigenvalue weighted by Gasteiger charge is -2.16. The van der Waals surface area contributed by atoms with Crippen molar-refractivity contribution < 1.29 is 9.53 Å². The van der Waals surface area contributed by atoms with Crippen molar-refractivity contribution in [2.75, 3.05) is 19.0 Å². The predicted molar refractivity (Wildman–Crippen MR) is 127 cm³/mol. The average molecular weight is 435 g/mol. The zero-order chi connectivity index (χ0) is 23.3. The minimum absolute atomic E-state index is 0.160. The lowest BCUT2D eigenvalue weighted by Crippen LogP contribution is -2.28. The summed E-state index contributed by atoms with van der Waals surface area (Å²) >= 11 is 0. The highest BCUT2D eigenvalue weighted by Gasteiger charge is 2.16. The van der Waals surface area contributed by atoms with Gasteiger partial charge in [-0.15, -0.1) is 0 Å². The summed E-state index contributed by atoms with van der Waals surface area (Å²) in [4.78, 5) is 32.6. The molecular weight excluding hydrogens is 404 g/mol. The molecule has 0 aliphatic carbocycles. The Morgan fingerprint density at radius 1 is 1.12 bits per heavy atom. The van der Waals surface area contributed by atoms with Crippen LogP contribution in [0.25, 0.3) is 11.1 Å². The van der Waals surface area contributed by atoms with E-state index in [9.17, 15) is 9.59 Å². The van der Waals surface area contributed by atoms with Crippen LogP contribution in [0.2, 0.25) is 0 Å². The van der Waals surface area contributed by atoms with Crippen LogP contribution < -0.4 is 16.2 Å². The number of benzene rings is 1. The maximum Gasteiger partial charge on any atom is 0.253 e.